The Balaban J connectivity index is 2.05. The van der Waals surface area contributed by atoms with Crippen LogP contribution in [0.1, 0.15) is 40.5 Å². The molecule has 2 aromatic rings. The molecule has 0 saturated heterocycles. The lowest BCUT2D eigenvalue weighted by molar-refractivity contribution is 0.201. The molecule has 2 heterocycles. The summed E-state index contributed by atoms with van der Waals surface area (Å²) in [6.07, 6.45) is 10.0. The van der Waals surface area contributed by atoms with Gasteiger partial charge in [-0.25, -0.2) is 8.42 Å². The smallest absolute Gasteiger partial charge is 0.264 e. The Bertz CT molecular complexity index is 1310. The monoisotopic (exact) mass is 494 g/mol. The highest BCUT2D eigenvalue weighted by Gasteiger charge is 2.29. The van der Waals surface area contributed by atoms with Crippen LogP contribution in [0.4, 0.5) is 0 Å². The van der Waals surface area contributed by atoms with Crippen LogP contribution in [0.2, 0.25) is 0 Å². The summed E-state index contributed by atoms with van der Waals surface area (Å²) in [5, 5.41) is 14.3. The van der Waals surface area contributed by atoms with Crippen molar-refractivity contribution in [3.63, 3.8) is 0 Å². The Hall–Kier alpha value is -3.31. The zero-order valence-corrected chi connectivity index (χ0v) is 21.8. The summed E-state index contributed by atoms with van der Waals surface area (Å²) in [6.45, 7) is 13.2. The van der Waals surface area contributed by atoms with Gasteiger partial charge in [-0.1, -0.05) is 32.6 Å². The van der Waals surface area contributed by atoms with E-state index in [0.717, 1.165) is 28.5 Å². The molecule has 0 fully saturated rings. The molecular weight excluding hydrogens is 460 g/mol. The fraction of sp³-hybridized carbons (Fsp3) is 0.407. The third-order valence-corrected chi connectivity index (χ3v) is 7.76. The lowest BCUT2D eigenvalue weighted by Gasteiger charge is -2.30. The van der Waals surface area contributed by atoms with Crippen LogP contribution < -0.4 is 0 Å². The van der Waals surface area contributed by atoms with Crippen molar-refractivity contribution < 1.29 is 13.2 Å². The number of hydrogen-bond acceptors (Lipinski definition) is 5. The Morgan fingerprint density at radius 1 is 1.40 bits per heavy atom. The van der Waals surface area contributed by atoms with E-state index in [9.17, 15) is 8.42 Å². The number of allylic oxidation sites excluding steroid dienone is 5. The second-order valence-corrected chi connectivity index (χ2v) is 11.1. The Morgan fingerprint density at radius 3 is 2.80 bits per heavy atom. The van der Waals surface area contributed by atoms with Gasteiger partial charge in [0.2, 0.25) is 0 Å². The van der Waals surface area contributed by atoms with Crippen LogP contribution in [0.5, 0.6) is 0 Å². The summed E-state index contributed by atoms with van der Waals surface area (Å²) in [5.74, 6) is 0.412. The first-order valence-electron chi connectivity index (χ1n) is 11.8. The van der Waals surface area contributed by atoms with E-state index in [1.54, 1.807) is 36.7 Å². The summed E-state index contributed by atoms with van der Waals surface area (Å²) in [4.78, 5) is 0.207. The molecule has 0 N–H and O–H groups in total. The van der Waals surface area contributed by atoms with E-state index in [1.807, 2.05) is 44.5 Å². The summed E-state index contributed by atoms with van der Waals surface area (Å²) in [7, 11) is -3.89. The van der Waals surface area contributed by atoms with E-state index >= 15 is 0 Å². The van der Waals surface area contributed by atoms with Gasteiger partial charge in [0.25, 0.3) is 10.0 Å². The normalized spacial score (nSPS) is 17.1. The number of nitrogens with zero attached hydrogens (tertiary/aromatic N) is 4. The maximum absolute atomic E-state index is 14.0. The number of nitriles is 1. The van der Waals surface area contributed by atoms with E-state index in [0.29, 0.717) is 31.3 Å². The van der Waals surface area contributed by atoms with Crippen molar-refractivity contribution in [2.45, 2.75) is 52.0 Å². The summed E-state index contributed by atoms with van der Waals surface area (Å²) >= 11 is 0. The van der Waals surface area contributed by atoms with Gasteiger partial charge < -0.3 is 4.74 Å². The molecule has 3 rings (SSSR count). The minimum Gasteiger partial charge on any atom is -0.501 e. The van der Waals surface area contributed by atoms with E-state index in [4.69, 9.17) is 10.00 Å². The lowest BCUT2D eigenvalue weighted by Crippen LogP contribution is -2.34. The van der Waals surface area contributed by atoms with Crippen LogP contribution in [0.3, 0.4) is 0 Å². The minimum atomic E-state index is -3.89. The molecular formula is C27H34N4O3S. The molecule has 35 heavy (non-hydrogen) atoms. The molecule has 0 aliphatic carbocycles. The van der Waals surface area contributed by atoms with Gasteiger partial charge in [0, 0.05) is 24.4 Å². The summed E-state index contributed by atoms with van der Waals surface area (Å²) in [6, 6.07) is 7.27. The van der Waals surface area contributed by atoms with E-state index in [1.165, 1.54) is 4.31 Å². The fourth-order valence-corrected chi connectivity index (χ4v) is 5.95. The highest BCUT2D eigenvalue weighted by Crippen LogP contribution is 2.30. The van der Waals surface area contributed by atoms with Crippen LogP contribution in [0.15, 0.2) is 77.2 Å². The highest BCUT2D eigenvalue weighted by atomic mass is 32.2. The molecule has 0 amide bonds. The molecule has 1 aliphatic rings. The molecule has 1 aromatic heterocycles. The predicted octanol–water partition coefficient (Wildman–Crippen LogP) is 5.55. The molecule has 1 unspecified atom stereocenters. The number of fused-ring (bicyclic) bond motifs is 1. The topological polar surface area (TPSA) is 88.2 Å². The average Bonchev–Trinajstić information content (AvgIpc) is 3.24. The number of rotatable bonds is 10. The predicted molar refractivity (Wildman–Crippen MR) is 139 cm³/mol. The maximum atomic E-state index is 14.0. The maximum Gasteiger partial charge on any atom is 0.264 e. The van der Waals surface area contributed by atoms with Gasteiger partial charge in [0.05, 0.1) is 47.7 Å². The van der Waals surface area contributed by atoms with Crippen molar-refractivity contribution >= 4 is 20.9 Å². The molecule has 0 spiro atoms. The highest BCUT2D eigenvalue weighted by molar-refractivity contribution is 7.89. The van der Waals surface area contributed by atoms with Gasteiger partial charge in [-0.3, -0.25) is 8.99 Å². The van der Waals surface area contributed by atoms with Crippen LogP contribution in [0, 0.1) is 23.2 Å². The lowest BCUT2D eigenvalue weighted by atomic mass is 10.1. The second kappa shape index (κ2) is 11.4. The van der Waals surface area contributed by atoms with E-state index < -0.39 is 10.0 Å². The number of ether oxygens (including phenoxy) is 1. The van der Waals surface area contributed by atoms with Crippen molar-refractivity contribution in [3.8, 4) is 6.07 Å². The quantitative estimate of drug-likeness (QED) is 0.404. The molecule has 7 nitrogen and oxygen atoms in total. The first-order valence-corrected chi connectivity index (χ1v) is 13.3. The molecule has 1 aromatic carbocycles. The summed E-state index contributed by atoms with van der Waals surface area (Å²) in [5.41, 5.74) is 2.92. The third kappa shape index (κ3) is 6.04. The zero-order chi connectivity index (χ0) is 25.6. The Labute approximate surface area is 208 Å². The van der Waals surface area contributed by atoms with E-state index in [2.05, 4.69) is 17.7 Å². The van der Waals surface area contributed by atoms with Gasteiger partial charge in [0.1, 0.15) is 0 Å². The van der Waals surface area contributed by atoms with Gasteiger partial charge in [-0.2, -0.15) is 10.4 Å². The molecule has 0 radical (unpaired) electrons. The van der Waals surface area contributed by atoms with Gasteiger partial charge >= 0.3 is 0 Å². The van der Waals surface area contributed by atoms with Gasteiger partial charge in [0.15, 0.2) is 0 Å². The second-order valence-electron chi connectivity index (χ2n) is 9.21. The van der Waals surface area contributed by atoms with Crippen LogP contribution in [-0.2, 0) is 21.3 Å². The minimum absolute atomic E-state index is 0.0835. The van der Waals surface area contributed by atoms with Crippen molar-refractivity contribution in [1.29, 1.82) is 5.26 Å². The van der Waals surface area contributed by atoms with Crippen molar-refractivity contribution in [1.82, 2.24) is 14.1 Å². The van der Waals surface area contributed by atoms with Gasteiger partial charge in [-0.05, 0) is 61.6 Å². The average molecular weight is 495 g/mol. The molecule has 1 atom stereocenters. The molecule has 0 bridgehead atoms. The van der Waals surface area contributed by atoms with Crippen LogP contribution >= 0.6 is 0 Å². The first kappa shape index (κ1) is 26.3. The fourth-order valence-electron chi connectivity index (χ4n) is 4.16. The van der Waals surface area contributed by atoms with E-state index in [-0.39, 0.29) is 17.2 Å². The van der Waals surface area contributed by atoms with Crippen molar-refractivity contribution in [3.05, 3.63) is 72.3 Å². The standard InChI is InChI=1S/C27H34N4O3S/c1-6-21(4)27(22(5)8-7-13-28)31(18-20(2)3)35(32,33)25-9-10-26-24(16-25)17-29-30(26)19-23-11-14-34-15-12-23/h6,8-11,14,16-17,20,23H,1,7,12,15,18-19H2,2-5H3/b22-8-,27-21+. The van der Waals surface area contributed by atoms with Gasteiger partial charge in [-0.15, -0.1) is 0 Å². The molecule has 0 saturated carbocycles. The number of hydrogen-bond donors (Lipinski definition) is 0. The largest absolute Gasteiger partial charge is 0.501 e. The summed E-state index contributed by atoms with van der Waals surface area (Å²) < 4.78 is 36.6. The van der Waals surface area contributed by atoms with Crippen LogP contribution in [-0.4, -0.2) is 35.7 Å². The van der Waals surface area contributed by atoms with Crippen LogP contribution in [0.25, 0.3) is 10.9 Å². The molecule has 1 aliphatic heterocycles. The SMILES string of the molecule is C=C/C(C)=C(\C(C)=C/CC#N)N(CC(C)C)S(=O)(=O)c1ccc2c(cnn2CC2C=COCC2)c1. The Kier molecular flexibility index (Phi) is 8.57. The first-order chi connectivity index (χ1) is 16.7. The number of aromatic nitrogens is 2. The zero-order valence-electron chi connectivity index (χ0n) is 20.9. The third-order valence-electron chi connectivity index (χ3n) is 6.00. The number of sulfonamides is 1. The molecule has 186 valence electrons. The Morgan fingerprint density at radius 2 is 2.17 bits per heavy atom. The molecule has 8 heteroatoms. The number of benzene rings is 1. The van der Waals surface area contributed by atoms with Crippen molar-refractivity contribution in [2.75, 3.05) is 13.2 Å². The van der Waals surface area contributed by atoms with Crippen molar-refractivity contribution in [2.24, 2.45) is 11.8 Å².